The predicted molar refractivity (Wildman–Crippen MR) is 90.9 cm³/mol. The van der Waals surface area contributed by atoms with Crippen LogP contribution in [0, 0.1) is 12.8 Å². The van der Waals surface area contributed by atoms with Gasteiger partial charge in [0.15, 0.2) is 0 Å². The summed E-state index contributed by atoms with van der Waals surface area (Å²) in [6.45, 7) is 9.22. The molecule has 0 spiro atoms. The number of carbonyl (C=O) groups is 1. The second-order valence-corrected chi connectivity index (χ2v) is 6.48. The summed E-state index contributed by atoms with van der Waals surface area (Å²) in [5.74, 6) is 0.877. The van der Waals surface area contributed by atoms with Crippen molar-refractivity contribution in [2.45, 2.75) is 39.7 Å². The lowest BCUT2D eigenvalue weighted by molar-refractivity contribution is 0.190. The number of rotatable bonds is 6. The van der Waals surface area contributed by atoms with Gasteiger partial charge in [-0.1, -0.05) is 36.8 Å². The minimum atomic E-state index is -0.0752. The Labute approximate surface area is 134 Å². The van der Waals surface area contributed by atoms with Gasteiger partial charge in [0.25, 0.3) is 0 Å². The van der Waals surface area contributed by atoms with Gasteiger partial charge >= 0.3 is 6.03 Å². The third-order valence-corrected chi connectivity index (χ3v) is 4.35. The van der Waals surface area contributed by atoms with Crippen LogP contribution >= 0.6 is 0 Å². The third-order valence-electron chi connectivity index (χ3n) is 4.35. The molecule has 0 radical (unpaired) electrons. The number of nitrogens with zero attached hydrogens (tertiary/aromatic N) is 1. The molecule has 1 fully saturated rings. The molecule has 2 rings (SSSR count). The van der Waals surface area contributed by atoms with E-state index in [1.165, 1.54) is 31.5 Å². The number of aryl methyl sites for hydroxylation is 1. The highest BCUT2D eigenvalue weighted by atomic mass is 16.2. The van der Waals surface area contributed by atoms with Crippen LogP contribution in [0.2, 0.25) is 0 Å². The summed E-state index contributed by atoms with van der Waals surface area (Å²) in [7, 11) is 0. The van der Waals surface area contributed by atoms with Gasteiger partial charge in [0.1, 0.15) is 0 Å². The first-order valence-electron chi connectivity index (χ1n) is 8.43. The van der Waals surface area contributed by atoms with Gasteiger partial charge in [0.05, 0.1) is 0 Å². The molecule has 1 aromatic rings. The molecule has 1 aromatic carbocycles. The number of benzene rings is 1. The summed E-state index contributed by atoms with van der Waals surface area (Å²) in [5, 5.41) is 5.85. The predicted octanol–water partition coefficient (Wildman–Crippen LogP) is 2.92. The van der Waals surface area contributed by atoms with Crippen molar-refractivity contribution < 1.29 is 4.79 Å². The van der Waals surface area contributed by atoms with Crippen LogP contribution in [0.3, 0.4) is 0 Å². The first kappa shape index (κ1) is 16.8. The van der Waals surface area contributed by atoms with E-state index in [2.05, 4.69) is 41.5 Å². The maximum Gasteiger partial charge on any atom is 0.315 e. The Morgan fingerprint density at radius 1 is 1.27 bits per heavy atom. The summed E-state index contributed by atoms with van der Waals surface area (Å²) in [6.07, 6.45) is 3.64. The molecule has 1 heterocycles. The third kappa shape index (κ3) is 6.06. The minimum Gasteiger partial charge on any atom is -0.338 e. The Bertz CT molecular complexity index is 467. The standard InChI is InChI=1S/C18H29N3O/c1-15-7-11-21(12-8-15)10-4-9-19-18(22)20-14-17-6-3-5-16(2)13-17/h3,5-6,13,15H,4,7-12,14H2,1-2H3,(H2,19,20,22). The van der Waals surface area contributed by atoms with Gasteiger partial charge in [0, 0.05) is 13.1 Å². The van der Waals surface area contributed by atoms with E-state index in [4.69, 9.17) is 0 Å². The molecule has 2 amide bonds. The van der Waals surface area contributed by atoms with Gasteiger partial charge in [-0.05, 0) is 57.3 Å². The second kappa shape index (κ2) is 8.79. The number of nitrogens with one attached hydrogen (secondary N) is 2. The molecule has 0 saturated carbocycles. The fourth-order valence-electron chi connectivity index (χ4n) is 2.86. The van der Waals surface area contributed by atoms with Gasteiger partial charge in [-0.15, -0.1) is 0 Å². The lowest BCUT2D eigenvalue weighted by Gasteiger charge is -2.30. The van der Waals surface area contributed by atoms with Crippen LogP contribution in [0.5, 0.6) is 0 Å². The molecule has 0 atom stereocenters. The topological polar surface area (TPSA) is 44.4 Å². The van der Waals surface area contributed by atoms with Crippen molar-refractivity contribution in [2.75, 3.05) is 26.2 Å². The minimum absolute atomic E-state index is 0.0752. The van der Waals surface area contributed by atoms with Gasteiger partial charge in [-0.25, -0.2) is 4.79 Å². The van der Waals surface area contributed by atoms with E-state index in [-0.39, 0.29) is 6.03 Å². The van der Waals surface area contributed by atoms with Crippen LogP contribution in [0.25, 0.3) is 0 Å². The van der Waals surface area contributed by atoms with Crippen LogP contribution in [0.1, 0.15) is 37.3 Å². The highest BCUT2D eigenvalue weighted by Gasteiger charge is 2.14. The first-order valence-corrected chi connectivity index (χ1v) is 8.43. The fourth-order valence-corrected chi connectivity index (χ4v) is 2.86. The quantitative estimate of drug-likeness (QED) is 0.794. The van der Waals surface area contributed by atoms with E-state index in [0.717, 1.165) is 31.0 Å². The van der Waals surface area contributed by atoms with E-state index in [9.17, 15) is 4.79 Å². The van der Waals surface area contributed by atoms with E-state index >= 15 is 0 Å². The molecule has 122 valence electrons. The highest BCUT2D eigenvalue weighted by Crippen LogP contribution is 2.15. The number of carbonyl (C=O) groups excluding carboxylic acids is 1. The zero-order valence-corrected chi connectivity index (χ0v) is 13.9. The summed E-state index contributed by atoms with van der Waals surface area (Å²) < 4.78 is 0. The van der Waals surface area contributed by atoms with Gasteiger partial charge in [-0.2, -0.15) is 0 Å². The van der Waals surface area contributed by atoms with E-state index in [0.29, 0.717) is 6.54 Å². The molecule has 1 aliphatic heterocycles. The van der Waals surface area contributed by atoms with E-state index in [1.807, 2.05) is 12.1 Å². The van der Waals surface area contributed by atoms with E-state index in [1.54, 1.807) is 0 Å². The molecular weight excluding hydrogens is 274 g/mol. The fraction of sp³-hybridized carbons (Fsp3) is 0.611. The van der Waals surface area contributed by atoms with Crippen molar-refractivity contribution >= 4 is 6.03 Å². The Kier molecular flexibility index (Phi) is 6.72. The zero-order chi connectivity index (χ0) is 15.8. The molecule has 4 heteroatoms. The lowest BCUT2D eigenvalue weighted by Crippen LogP contribution is -2.38. The second-order valence-electron chi connectivity index (χ2n) is 6.48. The van der Waals surface area contributed by atoms with Crippen LogP contribution in [-0.4, -0.2) is 37.1 Å². The normalized spacial score (nSPS) is 16.5. The number of urea groups is 1. The number of piperidine rings is 1. The van der Waals surface area contributed by atoms with Crippen LogP contribution in [0.4, 0.5) is 4.79 Å². The number of hydrogen-bond acceptors (Lipinski definition) is 2. The smallest absolute Gasteiger partial charge is 0.315 e. The van der Waals surface area contributed by atoms with Gasteiger partial charge < -0.3 is 15.5 Å². The maximum absolute atomic E-state index is 11.8. The first-order chi connectivity index (χ1) is 10.6. The SMILES string of the molecule is Cc1cccc(CNC(=O)NCCCN2CCC(C)CC2)c1. The number of likely N-dealkylation sites (tertiary alicyclic amines) is 1. The number of amides is 2. The summed E-state index contributed by atoms with van der Waals surface area (Å²) in [5.41, 5.74) is 2.35. The van der Waals surface area contributed by atoms with Crippen molar-refractivity contribution in [1.29, 1.82) is 0 Å². The Hall–Kier alpha value is -1.55. The average molecular weight is 303 g/mol. The molecule has 0 unspecified atom stereocenters. The van der Waals surface area contributed by atoms with Gasteiger partial charge in [0.2, 0.25) is 0 Å². The molecule has 22 heavy (non-hydrogen) atoms. The zero-order valence-electron chi connectivity index (χ0n) is 13.9. The Morgan fingerprint density at radius 3 is 2.77 bits per heavy atom. The monoisotopic (exact) mass is 303 g/mol. The average Bonchev–Trinajstić information content (AvgIpc) is 2.51. The summed E-state index contributed by atoms with van der Waals surface area (Å²) in [6, 6.07) is 8.13. The van der Waals surface area contributed by atoms with Crippen molar-refractivity contribution in [3.05, 3.63) is 35.4 Å². The molecular formula is C18H29N3O. The molecule has 4 nitrogen and oxygen atoms in total. The van der Waals surface area contributed by atoms with Crippen LogP contribution in [0.15, 0.2) is 24.3 Å². The van der Waals surface area contributed by atoms with Crippen molar-refractivity contribution in [2.24, 2.45) is 5.92 Å². The Balaban J connectivity index is 1.54. The molecule has 1 saturated heterocycles. The van der Waals surface area contributed by atoms with Gasteiger partial charge in [-0.3, -0.25) is 0 Å². The molecule has 1 aliphatic rings. The van der Waals surface area contributed by atoms with Crippen LogP contribution < -0.4 is 10.6 Å². The number of hydrogen-bond donors (Lipinski definition) is 2. The molecule has 2 N–H and O–H groups in total. The van der Waals surface area contributed by atoms with Crippen molar-refractivity contribution in [3.8, 4) is 0 Å². The molecule has 0 bridgehead atoms. The highest BCUT2D eigenvalue weighted by molar-refractivity contribution is 5.73. The summed E-state index contributed by atoms with van der Waals surface area (Å²) >= 11 is 0. The molecule has 0 aliphatic carbocycles. The Morgan fingerprint density at radius 2 is 2.05 bits per heavy atom. The summed E-state index contributed by atoms with van der Waals surface area (Å²) in [4.78, 5) is 14.3. The van der Waals surface area contributed by atoms with E-state index < -0.39 is 0 Å². The molecule has 0 aromatic heterocycles. The van der Waals surface area contributed by atoms with Crippen molar-refractivity contribution in [3.63, 3.8) is 0 Å². The maximum atomic E-state index is 11.8. The van der Waals surface area contributed by atoms with Crippen molar-refractivity contribution in [1.82, 2.24) is 15.5 Å². The van der Waals surface area contributed by atoms with Crippen LogP contribution in [-0.2, 0) is 6.54 Å². The largest absolute Gasteiger partial charge is 0.338 e. The lowest BCUT2D eigenvalue weighted by atomic mass is 9.99.